The van der Waals surface area contributed by atoms with Gasteiger partial charge in [-0.1, -0.05) is 6.92 Å². The van der Waals surface area contributed by atoms with E-state index in [-0.39, 0.29) is 11.8 Å². The minimum absolute atomic E-state index is 0.0909. The Labute approximate surface area is 144 Å². The molecule has 0 aliphatic heterocycles. The molecule has 1 atom stereocenters. The minimum atomic E-state index is -0.0909. The molecule has 3 heterocycles. The van der Waals surface area contributed by atoms with Crippen molar-refractivity contribution in [2.75, 3.05) is 6.54 Å². The van der Waals surface area contributed by atoms with Crippen molar-refractivity contribution >= 4 is 17.2 Å². The van der Waals surface area contributed by atoms with Gasteiger partial charge in [0.2, 0.25) is 0 Å². The fourth-order valence-corrected chi connectivity index (χ4v) is 3.35. The first-order chi connectivity index (χ1) is 11.5. The Hall–Kier alpha value is -2.41. The van der Waals surface area contributed by atoms with Gasteiger partial charge < -0.3 is 9.73 Å². The number of aromatic nitrogens is 3. The van der Waals surface area contributed by atoms with E-state index in [9.17, 15) is 4.79 Å². The Bertz CT molecular complexity index is 820. The number of nitrogens with one attached hydrogen (secondary N) is 1. The molecule has 1 unspecified atom stereocenters. The first-order valence-electron chi connectivity index (χ1n) is 7.83. The summed E-state index contributed by atoms with van der Waals surface area (Å²) in [7, 11) is 0. The molecule has 126 valence electrons. The summed E-state index contributed by atoms with van der Waals surface area (Å²) in [4.78, 5) is 17.5. The molecule has 24 heavy (non-hydrogen) atoms. The average Bonchev–Trinajstić information content (AvgIpc) is 3.26. The van der Waals surface area contributed by atoms with Gasteiger partial charge in [-0.05, 0) is 38.0 Å². The number of amides is 1. The highest BCUT2D eigenvalue weighted by Gasteiger charge is 2.18. The van der Waals surface area contributed by atoms with E-state index in [0.29, 0.717) is 17.2 Å². The molecule has 3 rings (SSSR count). The average molecular weight is 344 g/mol. The maximum Gasteiger partial charge on any atom is 0.263 e. The fraction of sp³-hybridized carbons (Fsp3) is 0.353. The van der Waals surface area contributed by atoms with Gasteiger partial charge in [0.15, 0.2) is 10.8 Å². The fourth-order valence-electron chi connectivity index (χ4n) is 2.40. The molecule has 0 bridgehead atoms. The van der Waals surface area contributed by atoms with Crippen molar-refractivity contribution in [1.82, 2.24) is 20.1 Å². The van der Waals surface area contributed by atoms with Crippen molar-refractivity contribution < 1.29 is 9.21 Å². The number of hydrogen-bond donors (Lipinski definition) is 1. The van der Waals surface area contributed by atoms with E-state index in [4.69, 9.17) is 4.42 Å². The number of hydrogen-bond acceptors (Lipinski definition) is 5. The lowest BCUT2D eigenvalue weighted by Crippen LogP contribution is -2.30. The van der Waals surface area contributed by atoms with Crippen LogP contribution in [0, 0.1) is 19.8 Å². The first-order valence-corrected chi connectivity index (χ1v) is 8.64. The van der Waals surface area contributed by atoms with Crippen LogP contribution in [0.25, 0.3) is 10.8 Å². The summed E-state index contributed by atoms with van der Waals surface area (Å²) >= 11 is 1.36. The van der Waals surface area contributed by atoms with E-state index >= 15 is 0 Å². The Kier molecular flexibility index (Phi) is 4.80. The van der Waals surface area contributed by atoms with Gasteiger partial charge in [-0.2, -0.15) is 5.10 Å². The van der Waals surface area contributed by atoms with Crippen molar-refractivity contribution in [3.05, 3.63) is 46.9 Å². The molecule has 7 heteroatoms. The molecule has 3 aromatic rings. The molecule has 3 aromatic heterocycles. The monoisotopic (exact) mass is 344 g/mol. The number of furan rings is 1. The maximum absolute atomic E-state index is 12.4. The lowest BCUT2D eigenvalue weighted by Gasteiger charge is -2.12. The van der Waals surface area contributed by atoms with Crippen molar-refractivity contribution in [3.63, 3.8) is 0 Å². The van der Waals surface area contributed by atoms with Gasteiger partial charge in [-0.3, -0.25) is 9.48 Å². The Morgan fingerprint density at radius 2 is 2.25 bits per heavy atom. The molecule has 0 fully saturated rings. The van der Waals surface area contributed by atoms with Crippen LogP contribution in [0.5, 0.6) is 0 Å². The summed E-state index contributed by atoms with van der Waals surface area (Å²) in [5.74, 6) is 1.73. The van der Waals surface area contributed by atoms with E-state index < -0.39 is 0 Å². The molecule has 0 aliphatic carbocycles. The van der Waals surface area contributed by atoms with Crippen LogP contribution in [0.2, 0.25) is 0 Å². The van der Waals surface area contributed by atoms with E-state index in [1.807, 2.05) is 42.9 Å². The highest BCUT2D eigenvalue weighted by atomic mass is 32.1. The van der Waals surface area contributed by atoms with Gasteiger partial charge in [0.25, 0.3) is 5.91 Å². The maximum atomic E-state index is 12.4. The summed E-state index contributed by atoms with van der Waals surface area (Å²) in [6.07, 6.45) is 3.67. The quantitative estimate of drug-likeness (QED) is 0.745. The third kappa shape index (κ3) is 3.73. The lowest BCUT2D eigenvalue weighted by molar-refractivity contribution is 0.0950. The summed E-state index contributed by atoms with van der Waals surface area (Å²) < 4.78 is 7.45. The highest BCUT2D eigenvalue weighted by Crippen LogP contribution is 2.29. The largest absolute Gasteiger partial charge is 0.459 e. The van der Waals surface area contributed by atoms with Crippen LogP contribution in [-0.2, 0) is 6.54 Å². The number of thiazole rings is 1. The SMILES string of the molecule is Cc1ccc(-c2nc(C)c(C(=O)NCC(C)Cn3cccn3)s2)o1. The Morgan fingerprint density at radius 3 is 2.92 bits per heavy atom. The van der Waals surface area contributed by atoms with Crippen LogP contribution in [-0.4, -0.2) is 27.2 Å². The van der Waals surface area contributed by atoms with Crippen LogP contribution >= 0.6 is 11.3 Å². The van der Waals surface area contributed by atoms with E-state index in [2.05, 4.69) is 22.3 Å². The summed E-state index contributed by atoms with van der Waals surface area (Å²) in [6.45, 7) is 7.17. The first kappa shape index (κ1) is 16.4. The molecule has 0 aromatic carbocycles. The zero-order chi connectivity index (χ0) is 17.1. The normalized spacial score (nSPS) is 12.3. The molecule has 0 aliphatic rings. The van der Waals surface area contributed by atoms with Crippen LogP contribution in [0.15, 0.2) is 35.0 Å². The van der Waals surface area contributed by atoms with Crippen molar-refractivity contribution in [1.29, 1.82) is 0 Å². The summed E-state index contributed by atoms with van der Waals surface area (Å²) in [5.41, 5.74) is 0.723. The van der Waals surface area contributed by atoms with Gasteiger partial charge in [0.1, 0.15) is 10.6 Å². The predicted molar refractivity (Wildman–Crippen MR) is 93.0 cm³/mol. The van der Waals surface area contributed by atoms with Crippen LogP contribution in [0.4, 0.5) is 0 Å². The number of rotatable bonds is 6. The topological polar surface area (TPSA) is 73.0 Å². The van der Waals surface area contributed by atoms with Gasteiger partial charge in [0, 0.05) is 25.5 Å². The van der Waals surface area contributed by atoms with Crippen molar-refractivity contribution in [2.45, 2.75) is 27.3 Å². The van der Waals surface area contributed by atoms with Crippen LogP contribution in [0.1, 0.15) is 28.0 Å². The molecule has 0 spiro atoms. The molecule has 0 saturated carbocycles. The zero-order valence-corrected chi connectivity index (χ0v) is 14.8. The number of carbonyl (C=O) groups excluding carboxylic acids is 1. The van der Waals surface area contributed by atoms with Crippen molar-refractivity contribution in [3.8, 4) is 10.8 Å². The summed E-state index contributed by atoms with van der Waals surface area (Å²) in [5, 5.41) is 7.89. The molecular weight excluding hydrogens is 324 g/mol. The van der Waals surface area contributed by atoms with Gasteiger partial charge in [0.05, 0.1) is 5.69 Å². The standard InChI is InChI=1S/C17H20N4O2S/c1-11(10-21-8-4-7-19-21)9-18-16(22)15-13(3)20-17(24-15)14-6-5-12(2)23-14/h4-8,11H,9-10H2,1-3H3,(H,18,22). The van der Waals surface area contributed by atoms with E-state index in [1.165, 1.54) is 11.3 Å². The second-order valence-corrected chi connectivity index (χ2v) is 6.89. The third-order valence-corrected chi connectivity index (χ3v) is 4.79. The number of carbonyl (C=O) groups is 1. The molecule has 0 saturated heterocycles. The molecule has 1 amide bonds. The molecule has 0 radical (unpaired) electrons. The molecule has 6 nitrogen and oxygen atoms in total. The zero-order valence-electron chi connectivity index (χ0n) is 13.9. The number of nitrogens with zero attached hydrogens (tertiary/aromatic N) is 3. The Morgan fingerprint density at radius 1 is 1.42 bits per heavy atom. The van der Waals surface area contributed by atoms with Gasteiger partial charge in [-0.15, -0.1) is 11.3 Å². The second-order valence-electron chi connectivity index (χ2n) is 5.89. The molecular formula is C17H20N4O2S. The van der Waals surface area contributed by atoms with Crippen LogP contribution in [0.3, 0.4) is 0 Å². The van der Waals surface area contributed by atoms with Crippen LogP contribution < -0.4 is 5.32 Å². The van der Waals surface area contributed by atoms with Gasteiger partial charge >= 0.3 is 0 Å². The summed E-state index contributed by atoms with van der Waals surface area (Å²) in [6, 6.07) is 5.66. The van der Waals surface area contributed by atoms with Crippen molar-refractivity contribution in [2.24, 2.45) is 5.92 Å². The van der Waals surface area contributed by atoms with E-state index in [1.54, 1.807) is 6.20 Å². The van der Waals surface area contributed by atoms with E-state index in [0.717, 1.165) is 23.0 Å². The smallest absolute Gasteiger partial charge is 0.263 e. The Balaban J connectivity index is 1.61. The highest BCUT2D eigenvalue weighted by molar-refractivity contribution is 7.17. The second kappa shape index (κ2) is 7.00. The molecule has 1 N–H and O–H groups in total. The van der Waals surface area contributed by atoms with Gasteiger partial charge in [-0.25, -0.2) is 4.98 Å². The predicted octanol–water partition coefficient (Wildman–Crippen LogP) is 3.28. The number of aryl methyl sites for hydroxylation is 2. The third-order valence-electron chi connectivity index (χ3n) is 3.62. The minimum Gasteiger partial charge on any atom is -0.459 e. The lowest BCUT2D eigenvalue weighted by atomic mass is 10.2.